The van der Waals surface area contributed by atoms with E-state index in [9.17, 15) is 9.18 Å². The van der Waals surface area contributed by atoms with Gasteiger partial charge in [0.2, 0.25) is 0 Å². The summed E-state index contributed by atoms with van der Waals surface area (Å²) in [6.45, 7) is 5.30. The third kappa shape index (κ3) is 3.34. The molecule has 0 aliphatic carbocycles. The van der Waals surface area contributed by atoms with Crippen LogP contribution in [-0.4, -0.2) is 46.9 Å². The van der Waals surface area contributed by atoms with Crippen molar-refractivity contribution in [1.29, 1.82) is 0 Å². The van der Waals surface area contributed by atoms with Crippen molar-refractivity contribution in [2.75, 3.05) is 26.2 Å². The minimum atomic E-state index is -0.168. The van der Waals surface area contributed by atoms with Crippen molar-refractivity contribution < 1.29 is 9.18 Å². The lowest BCUT2D eigenvalue weighted by Crippen LogP contribution is -2.48. The summed E-state index contributed by atoms with van der Waals surface area (Å²) in [5.41, 5.74) is 1.24. The quantitative estimate of drug-likeness (QED) is 0.872. The summed E-state index contributed by atoms with van der Waals surface area (Å²) in [5, 5.41) is 2.71. The average Bonchev–Trinajstić information content (AvgIpc) is 2.96. The molecule has 4 nitrogen and oxygen atoms in total. The molecule has 0 spiro atoms. The number of aromatic nitrogens is 1. The first-order valence-corrected chi connectivity index (χ1v) is 8.18. The molecule has 1 amide bonds. The van der Waals surface area contributed by atoms with Crippen LogP contribution in [0.5, 0.6) is 0 Å². The van der Waals surface area contributed by atoms with E-state index >= 15 is 0 Å². The van der Waals surface area contributed by atoms with Gasteiger partial charge in [-0.2, -0.15) is 0 Å². The van der Waals surface area contributed by atoms with Gasteiger partial charge in [0.05, 0.1) is 5.01 Å². The topological polar surface area (TPSA) is 36.4 Å². The minimum Gasteiger partial charge on any atom is -0.335 e. The lowest BCUT2D eigenvalue weighted by atomic mass is 10.2. The molecule has 1 aromatic carbocycles. The molecule has 1 aliphatic heterocycles. The van der Waals surface area contributed by atoms with Gasteiger partial charge in [0.15, 0.2) is 0 Å². The fourth-order valence-electron chi connectivity index (χ4n) is 2.60. The third-order valence-electron chi connectivity index (χ3n) is 3.85. The van der Waals surface area contributed by atoms with Gasteiger partial charge in [-0.25, -0.2) is 9.37 Å². The Bertz CT molecular complexity index is 665. The van der Waals surface area contributed by atoms with E-state index in [-0.39, 0.29) is 11.7 Å². The highest BCUT2D eigenvalue weighted by Gasteiger charge is 2.23. The Hall–Kier alpha value is -1.79. The molecule has 3 rings (SSSR count). The van der Waals surface area contributed by atoms with Crippen LogP contribution >= 0.6 is 11.3 Å². The number of benzene rings is 1. The summed E-state index contributed by atoms with van der Waals surface area (Å²) in [6, 6.07) is 6.85. The number of thiazole rings is 1. The largest absolute Gasteiger partial charge is 0.335 e. The highest BCUT2D eigenvalue weighted by molar-refractivity contribution is 7.09. The van der Waals surface area contributed by atoms with E-state index in [0.717, 1.165) is 18.1 Å². The summed E-state index contributed by atoms with van der Waals surface area (Å²) in [6.07, 6.45) is 0. The molecule has 1 aliphatic rings. The monoisotopic (exact) mass is 319 g/mol. The van der Waals surface area contributed by atoms with Crippen LogP contribution in [0.4, 0.5) is 4.39 Å². The van der Waals surface area contributed by atoms with Crippen LogP contribution in [0.25, 0.3) is 0 Å². The van der Waals surface area contributed by atoms with Gasteiger partial charge in [-0.1, -0.05) is 18.2 Å². The van der Waals surface area contributed by atoms with Gasteiger partial charge in [0.25, 0.3) is 5.91 Å². The molecular weight excluding hydrogens is 301 g/mol. The van der Waals surface area contributed by atoms with Gasteiger partial charge >= 0.3 is 0 Å². The van der Waals surface area contributed by atoms with Crippen LogP contribution < -0.4 is 0 Å². The van der Waals surface area contributed by atoms with Gasteiger partial charge < -0.3 is 4.90 Å². The molecule has 0 N–H and O–H groups in total. The molecule has 116 valence electrons. The first-order chi connectivity index (χ1) is 10.6. The molecular formula is C16H18FN3OS. The zero-order valence-electron chi connectivity index (χ0n) is 12.5. The lowest BCUT2D eigenvalue weighted by Gasteiger charge is -2.34. The molecule has 6 heteroatoms. The Labute approximate surface area is 133 Å². The molecule has 0 saturated carbocycles. The van der Waals surface area contributed by atoms with Crippen molar-refractivity contribution in [3.8, 4) is 0 Å². The Balaban J connectivity index is 1.56. The van der Waals surface area contributed by atoms with Gasteiger partial charge in [0.1, 0.15) is 11.5 Å². The van der Waals surface area contributed by atoms with E-state index in [1.807, 2.05) is 29.3 Å². The average molecular weight is 319 g/mol. The second-order valence-corrected chi connectivity index (χ2v) is 6.47. The number of piperazine rings is 1. The standard InChI is InChI=1S/C16H18FN3OS/c1-12-18-15(11-22-12)16(21)20-8-6-19(7-9-20)10-13-4-2-3-5-14(13)17/h2-5,11H,6-10H2,1H3. The molecule has 0 unspecified atom stereocenters. The molecule has 0 bridgehead atoms. The van der Waals surface area contributed by atoms with Crippen molar-refractivity contribution >= 4 is 17.2 Å². The second kappa shape index (κ2) is 6.54. The van der Waals surface area contributed by atoms with Crippen LogP contribution in [0.15, 0.2) is 29.6 Å². The summed E-state index contributed by atoms with van der Waals surface area (Å²) < 4.78 is 13.7. The smallest absolute Gasteiger partial charge is 0.273 e. The predicted molar refractivity (Wildman–Crippen MR) is 84.4 cm³/mol. The van der Waals surface area contributed by atoms with E-state index < -0.39 is 0 Å². The van der Waals surface area contributed by atoms with Crippen molar-refractivity contribution in [2.24, 2.45) is 0 Å². The van der Waals surface area contributed by atoms with Crippen molar-refractivity contribution in [2.45, 2.75) is 13.5 Å². The van der Waals surface area contributed by atoms with Crippen molar-refractivity contribution in [3.05, 3.63) is 51.7 Å². The van der Waals surface area contributed by atoms with E-state index in [1.165, 1.54) is 17.4 Å². The Morgan fingerprint density at radius 1 is 1.27 bits per heavy atom. The van der Waals surface area contributed by atoms with E-state index in [4.69, 9.17) is 0 Å². The maximum Gasteiger partial charge on any atom is 0.273 e. The number of rotatable bonds is 3. The Morgan fingerprint density at radius 2 is 2.00 bits per heavy atom. The number of hydrogen-bond acceptors (Lipinski definition) is 4. The van der Waals surface area contributed by atoms with Gasteiger partial charge in [0, 0.05) is 43.7 Å². The number of amides is 1. The maximum atomic E-state index is 13.7. The van der Waals surface area contributed by atoms with Crippen LogP contribution in [0.2, 0.25) is 0 Å². The molecule has 2 heterocycles. The highest BCUT2D eigenvalue weighted by atomic mass is 32.1. The molecule has 1 saturated heterocycles. The SMILES string of the molecule is Cc1nc(C(=O)N2CCN(Cc3ccccc3F)CC2)cs1. The fourth-order valence-corrected chi connectivity index (χ4v) is 3.19. The highest BCUT2D eigenvalue weighted by Crippen LogP contribution is 2.15. The van der Waals surface area contributed by atoms with Gasteiger partial charge in [-0.15, -0.1) is 11.3 Å². The number of aryl methyl sites for hydroxylation is 1. The van der Waals surface area contributed by atoms with Crippen molar-refractivity contribution in [1.82, 2.24) is 14.8 Å². The maximum absolute atomic E-state index is 13.7. The number of carbonyl (C=O) groups is 1. The molecule has 0 radical (unpaired) electrons. The third-order valence-corrected chi connectivity index (χ3v) is 4.62. The van der Waals surface area contributed by atoms with E-state index in [1.54, 1.807) is 6.07 Å². The molecule has 1 fully saturated rings. The van der Waals surface area contributed by atoms with Crippen LogP contribution in [0.1, 0.15) is 21.1 Å². The summed E-state index contributed by atoms with van der Waals surface area (Å²) >= 11 is 1.49. The number of halogens is 1. The van der Waals surface area contributed by atoms with Gasteiger partial charge in [-0.3, -0.25) is 9.69 Å². The number of hydrogen-bond donors (Lipinski definition) is 0. The molecule has 0 atom stereocenters. The second-order valence-electron chi connectivity index (χ2n) is 5.41. The Kier molecular flexibility index (Phi) is 4.49. The fraction of sp³-hybridized carbons (Fsp3) is 0.375. The molecule has 22 heavy (non-hydrogen) atoms. The van der Waals surface area contributed by atoms with Gasteiger partial charge in [-0.05, 0) is 13.0 Å². The van der Waals surface area contributed by atoms with E-state index in [0.29, 0.717) is 30.9 Å². The normalized spacial score (nSPS) is 16.0. The van der Waals surface area contributed by atoms with Crippen LogP contribution in [0.3, 0.4) is 0 Å². The predicted octanol–water partition coefficient (Wildman–Crippen LogP) is 2.55. The summed E-state index contributed by atoms with van der Waals surface area (Å²) in [5.74, 6) is -0.172. The minimum absolute atomic E-state index is 0.00473. The number of carbonyl (C=O) groups excluding carboxylic acids is 1. The zero-order chi connectivity index (χ0) is 15.5. The first-order valence-electron chi connectivity index (χ1n) is 7.30. The van der Waals surface area contributed by atoms with Crippen LogP contribution in [-0.2, 0) is 6.54 Å². The summed E-state index contributed by atoms with van der Waals surface area (Å²) in [4.78, 5) is 20.6. The number of nitrogens with zero attached hydrogens (tertiary/aromatic N) is 3. The van der Waals surface area contributed by atoms with E-state index in [2.05, 4.69) is 9.88 Å². The lowest BCUT2D eigenvalue weighted by molar-refractivity contribution is 0.0622. The molecule has 2 aromatic rings. The molecule has 1 aromatic heterocycles. The first kappa shape index (κ1) is 15.1. The Morgan fingerprint density at radius 3 is 2.64 bits per heavy atom. The zero-order valence-corrected chi connectivity index (χ0v) is 13.3. The summed E-state index contributed by atoms with van der Waals surface area (Å²) in [7, 11) is 0. The van der Waals surface area contributed by atoms with Crippen molar-refractivity contribution in [3.63, 3.8) is 0 Å². The van der Waals surface area contributed by atoms with Crippen LogP contribution in [0, 0.1) is 12.7 Å².